The largest absolute Gasteiger partial charge is 0.508 e. The van der Waals surface area contributed by atoms with Crippen LogP contribution in [0, 0.1) is 6.92 Å². The van der Waals surface area contributed by atoms with Crippen LogP contribution >= 0.6 is 15.9 Å². The van der Waals surface area contributed by atoms with Crippen molar-refractivity contribution in [1.82, 2.24) is 5.32 Å². The third-order valence-electron chi connectivity index (χ3n) is 2.96. The van der Waals surface area contributed by atoms with Gasteiger partial charge in [-0.2, -0.15) is 0 Å². The number of hydrogen-bond donors (Lipinski definition) is 2. The Morgan fingerprint density at radius 3 is 2.15 bits per heavy atom. The summed E-state index contributed by atoms with van der Waals surface area (Å²) < 4.78 is 1.19. The first-order valence-electron chi connectivity index (χ1n) is 6.74. The second-order valence-corrected chi connectivity index (χ2v) is 5.49. The van der Waals surface area contributed by atoms with E-state index in [4.69, 9.17) is 5.11 Å². The molecule has 108 valence electrons. The van der Waals surface area contributed by atoms with Crippen molar-refractivity contribution in [2.24, 2.45) is 0 Å². The zero-order chi connectivity index (χ0) is 15.0. The maximum Gasteiger partial charge on any atom is 0.115 e. The Balaban J connectivity index is 0.000000204. The quantitative estimate of drug-likeness (QED) is 0.869. The molecular weight excluding hydrogens is 314 g/mol. The Bertz CT molecular complexity index is 523. The molecule has 0 heterocycles. The minimum Gasteiger partial charge on any atom is -0.508 e. The maximum atomic E-state index is 8.85. The molecule has 0 amide bonds. The number of benzene rings is 2. The highest BCUT2D eigenvalue weighted by molar-refractivity contribution is 9.10. The van der Waals surface area contributed by atoms with Gasteiger partial charge < -0.3 is 10.4 Å². The summed E-state index contributed by atoms with van der Waals surface area (Å²) >= 11 is 3.49. The lowest BCUT2D eigenvalue weighted by atomic mass is 10.1. The summed E-state index contributed by atoms with van der Waals surface area (Å²) in [4.78, 5) is 0. The number of aromatic hydroxyl groups is 1. The third kappa shape index (κ3) is 5.76. The minimum absolute atomic E-state index is 0.340. The highest BCUT2D eigenvalue weighted by Gasteiger charge is 1.95. The molecule has 2 aromatic rings. The molecule has 0 saturated heterocycles. The molecule has 3 heteroatoms. The van der Waals surface area contributed by atoms with E-state index in [2.05, 4.69) is 53.3 Å². The topological polar surface area (TPSA) is 32.3 Å². The molecule has 2 N–H and O–H groups in total. The number of rotatable bonds is 3. The van der Waals surface area contributed by atoms with E-state index in [1.807, 2.05) is 19.2 Å². The zero-order valence-electron chi connectivity index (χ0n) is 12.3. The van der Waals surface area contributed by atoms with Crippen LogP contribution in [0.25, 0.3) is 0 Å². The van der Waals surface area contributed by atoms with Gasteiger partial charge in [-0.3, -0.25) is 0 Å². The Morgan fingerprint density at radius 2 is 1.65 bits per heavy atom. The van der Waals surface area contributed by atoms with Crippen molar-refractivity contribution in [2.45, 2.75) is 26.8 Å². The lowest BCUT2D eigenvalue weighted by molar-refractivity contribution is 0.475. The second-order valence-electron chi connectivity index (χ2n) is 4.63. The van der Waals surface area contributed by atoms with Gasteiger partial charge in [0.1, 0.15) is 5.75 Å². The van der Waals surface area contributed by atoms with Crippen molar-refractivity contribution in [3.63, 3.8) is 0 Å². The van der Waals surface area contributed by atoms with E-state index < -0.39 is 0 Å². The SMILES string of the molecule is CCc1ccc(O)cc1.CNCc1ccc(C)c(Br)c1. The van der Waals surface area contributed by atoms with Gasteiger partial charge in [0, 0.05) is 11.0 Å². The summed E-state index contributed by atoms with van der Waals surface area (Å²) in [6.07, 6.45) is 1.03. The van der Waals surface area contributed by atoms with Crippen LogP contribution in [0.2, 0.25) is 0 Å². The van der Waals surface area contributed by atoms with E-state index in [1.165, 1.54) is 21.2 Å². The molecule has 0 aliphatic rings. The van der Waals surface area contributed by atoms with Crippen molar-refractivity contribution in [1.29, 1.82) is 0 Å². The maximum absolute atomic E-state index is 8.85. The smallest absolute Gasteiger partial charge is 0.115 e. The molecule has 0 aliphatic heterocycles. The van der Waals surface area contributed by atoms with Gasteiger partial charge in [0.2, 0.25) is 0 Å². The van der Waals surface area contributed by atoms with E-state index in [-0.39, 0.29) is 0 Å². The molecule has 20 heavy (non-hydrogen) atoms. The number of phenolic OH excluding ortho intramolecular Hbond substituents is 1. The molecule has 2 rings (SSSR count). The first-order valence-corrected chi connectivity index (χ1v) is 7.53. The molecule has 0 bridgehead atoms. The summed E-state index contributed by atoms with van der Waals surface area (Å²) in [6.45, 7) is 5.11. The van der Waals surface area contributed by atoms with Crippen molar-refractivity contribution in [3.8, 4) is 5.75 Å². The van der Waals surface area contributed by atoms with Crippen LogP contribution in [-0.4, -0.2) is 12.2 Å². The number of aryl methyl sites for hydroxylation is 2. The fourth-order valence-electron chi connectivity index (χ4n) is 1.68. The number of halogens is 1. The second kappa shape index (κ2) is 8.77. The van der Waals surface area contributed by atoms with Gasteiger partial charge in [0.25, 0.3) is 0 Å². The van der Waals surface area contributed by atoms with E-state index in [0.717, 1.165) is 13.0 Å². The summed E-state index contributed by atoms with van der Waals surface area (Å²) in [5, 5.41) is 12.0. The fourth-order valence-corrected chi connectivity index (χ4v) is 2.11. The van der Waals surface area contributed by atoms with Crippen LogP contribution in [0.1, 0.15) is 23.6 Å². The van der Waals surface area contributed by atoms with Gasteiger partial charge in [-0.15, -0.1) is 0 Å². The number of phenols is 1. The molecule has 2 aromatic carbocycles. The van der Waals surface area contributed by atoms with Crippen LogP contribution in [-0.2, 0) is 13.0 Å². The van der Waals surface area contributed by atoms with Gasteiger partial charge in [0.15, 0.2) is 0 Å². The van der Waals surface area contributed by atoms with Gasteiger partial charge in [-0.1, -0.05) is 47.1 Å². The van der Waals surface area contributed by atoms with Crippen LogP contribution in [0.15, 0.2) is 46.9 Å². The van der Waals surface area contributed by atoms with Gasteiger partial charge in [-0.05, 0) is 55.3 Å². The highest BCUT2D eigenvalue weighted by atomic mass is 79.9. The molecule has 0 aliphatic carbocycles. The highest BCUT2D eigenvalue weighted by Crippen LogP contribution is 2.17. The van der Waals surface area contributed by atoms with Crippen molar-refractivity contribution in [3.05, 3.63) is 63.6 Å². The van der Waals surface area contributed by atoms with E-state index in [0.29, 0.717) is 5.75 Å². The van der Waals surface area contributed by atoms with Crippen LogP contribution < -0.4 is 5.32 Å². The van der Waals surface area contributed by atoms with Crippen LogP contribution in [0.5, 0.6) is 5.75 Å². The average molecular weight is 336 g/mol. The van der Waals surface area contributed by atoms with Crippen LogP contribution in [0.3, 0.4) is 0 Å². The molecule has 0 unspecified atom stereocenters. The molecule has 0 saturated carbocycles. The summed E-state index contributed by atoms with van der Waals surface area (Å²) in [6, 6.07) is 13.7. The van der Waals surface area contributed by atoms with E-state index >= 15 is 0 Å². The minimum atomic E-state index is 0.340. The Kier molecular flexibility index (Phi) is 7.34. The van der Waals surface area contributed by atoms with Gasteiger partial charge >= 0.3 is 0 Å². The monoisotopic (exact) mass is 335 g/mol. The molecule has 0 radical (unpaired) electrons. The fraction of sp³-hybridized carbons (Fsp3) is 0.294. The lowest BCUT2D eigenvalue weighted by Gasteiger charge is -2.02. The molecule has 0 atom stereocenters. The van der Waals surface area contributed by atoms with E-state index in [9.17, 15) is 0 Å². The third-order valence-corrected chi connectivity index (χ3v) is 3.82. The summed E-state index contributed by atoms with van der Waals surface area (Å²) in [5.74, 6) is 0.340. The Hall–Kier alpha value is -1.32. The average Bonchev–Trinajstić information content (AvgIpc) is 2.45. The number of nitrogens with one attached hydrogen (secondary N) is 1. The number of hydrogen-bond acceptors (Lipinski definition) is 2. The summed E-state index contributed by atoms with van der Waals surface area (Å²) in [5.41, 5.74) is 3.85. The van der Waals surface area contributed by atoms with Crippen LogP contribution in [0.4, 0.5) is 0 Å². The predicted molar refractivity (Wildman–Crippen MR) is 89.1 cm³/mol. The molecule has 0 aromatic heterocycles. The Morgan fingerprint density at radius 1 is 1.05 bits per heavy atom. The molecule has 0 spiro atoms. The molecule has 0 fully saturated rings. The first-order chi connectivity index (χ1) is 9.56. The summed E-state index contributed by atoms with van der Waals surface area (Å²) in [7, 11) is 1.95. The van der Waals surface area contributed by atoms with Crippen molar-refractivity contribution >= 4 is 15.9 Å². The Labute approximate surface area is 130 Å². The van der Waals surface area contributed by atoms with E-state index in [1.54, 1.807) is 12.1 Å². The van der Waals surface area contributed by atoms with Crippen molar-refractivity contribution < 1.29 is 5.11 Å². The van der Waals surface area contributed by atoms with Gasteiger partial charge in [-0.25, -0.2) is 0 Å². The van der Waals surface area contributed by atoms with Crippen molar-refractivity contribution in [2.75, 3.05) is 7.05 Å². The zero-order valence-corrected chi connectivity index (χ0v) is 13.9. The lowest BCUT2D eigenvalue weighted by Crippen LogP contribution is -2.04. The first kappa shape index (κ1) is 16.7. The normalized spacial score (nSPS) is 9.80. The predicted octanol–water partition coefficient (Wildman–Crippen LogP) is 4.43. The molecule has 2 nitrogen and oxygen atoms in total. The standard InChI is InChI=1S/C9H12BrN.C8H10O/c1-7-3-4-8(6-11-2)5-9(7)10;1-2-7-3-5-8(9)6-4-7/h3-5,11H,6H2,1-2H3;3-6,9H,2H2,1H3. The van der Waals surface area contributed by atoms with Gasteiger partial charge in [0.05, 0.1) is 0 Å². The molecular formula is C17H22BrNO.